The number of thiophene rings is 1. The van der Waals surface area contributed by atoms with Crippen LogP contribution in [0.2, 0.25) is 0 Å². The molecule has 1 aromatic heterocycles. The van der Waals surface area contributed by atoms with E-state index in [1.165, 1.54) is 17.4 Å². The first-order valence-corrected chi connectivity index (χ1v) is 11.5. The lowest BCUT2D eigenvalue weighted by Gasteiger charge is -2.32. The van der Waals surface area contributed by atoms with Gasteiger partial charge in [-0.05, 0) is 55.7 Å². The van der Waals surface area contributed by atoms with Gasteiger partial charge in [-0.1, -0.05) is 18.2 Å². The molecule has 8 heteroatoms. The molecule has 3 amide bonds. The summed E-state index contributed by atoms with van der Waals surface area (Å²) >= 11 is 1.44. The van der Waals surface area contributed by atoms with Crippen LogP contribution >= 0.6 is 11.3 Å². The number of hydrogen-bond acceptors (Lipinski definition) is 4. The Morgan fingerprint density at radius 2 is 1.94 bits per heavy atom. The molecule has 0 radical (unpaired) electrons. The van der Waals surface area contributed by atoms with E-state index in [1.54, 1.807) is 23.1 Å². The van der Waals surface area contributed by atoms with Crippen LogP contribution < -0.4 is 11.1 Å². The highest BCUT2D eigenvalue weighted by Gasteiger charge is 2.31. The molecule has 1 atom stereocenters. The first-order chi connectivity index (χ1) is 14.9. The summed E-state index contributed by atoms with van der Waals surface area (Å²) in [6.07, 6.45) is 5.13. The molecule has 1 aliphatic heterocycles. The summed E-state index contributed by atoms with van der Waals surface area (Å²) in [7, 11) is 0. The lowest BCUT2D eigenvalue weighted by atomic mass is 9.94. The van der Waals surface area contributed by atoms with Crippen LogP contribution in [-0.4, -0.2) is 35.7 Å². The molecule has 1 fully saturated rings. The molecule has 1 aromatic carbocycles. The first-order valence-electron chi connectivity index (χ1n) is 10.7. The Kier molecular flexibility index (Phi) is 6.36. The number of amides is 3. The Balaban J connectivity index is 1.44. The summed E-state index contributed by atoms with van der Waals surface area (Å²) in [5, 5.41) is 3.44. The maximum absolute atomic E-state index is 13.9. The first kappa shape index (κ1) is 21.5. The van der Waals surface area contributed by atoms with Crippen LogP contribution in [0, 0.1) is 11.7 Å². The summed E-state index contributed by atoms with van der Waals surface area (Å²) in [5.41, 5.74) is 7.39. The van der Waals surface area contributed by atoms with Gasteiger partial charge in [-0.3, -0.25) is 14.4 Å². The van der Waals surface area contributed by atoms with Crippen LogP contribution in [0.4, 0.5) is 9.39 Å². The van der Waals surface area contributed by atoms with Gasteiger partial charge in [0.05, 0.1) is 17.9 Å². The number of hydrogen-bond donors (Lipinski definition) is 2. The van der Waals surface area contributed by atoms with Crippen LogP contribution in [0.3, 0.4) is 0 Å². The van der Waals surface area contributed by atoms with Crippen molar-refractivity contribution in [1.29, 1.82) is 0 Å². The van der Waals surface area contributed by atoms with E-state index in [0.717, 1.165) is 36.1 Å². The van der Waals surface area contributed by atoms with Gasteiger partial charge >= 0.3 is 0 Å². The second-order valence-corrected chi connectivity index (χ2v) is 9.32. The van der Waals surface area contributed by atoms with E-state index in [1.807, 2.05) is 0 Å². The summed E-state index contributed by atoms with van der Waals surface area (Å²) in [6.45, 7) is 0.840. The molecule has 2 heterocycles. The Labute approximate surface area is 184 Å². The predicted octanol–water partition coefficient (Wildman–Crippen LogP) is 3.28. The molecule has 0 saturated carbocycles. The van der Waals surface area contributed by atoms with Gasteiger partial charge in [0.15, 0.2) is 0 Å². The SMILES string of the molecule is NC(=O)c1c(NC(=O)[C@H]2CCCN(C(=O)Cc3ccccc3F)C2)sc2c1CCCC2. The molecule has 164 valence electrons. The standard InChI is InChI=1S/C23H26FN3O3S/c24-17-9-3-1-6-14(17)12-19(28)27-11-5-7-15(13-27)22(30)26-23-20(21(25)29)16-8-2-4-10-18(16)31-23/h1,3,6,9,15H,2,4-5,7-8,10-13H2,(H2,25,29)(H,26,30)/t15-/m0/s1. The second kappa shape index (κ2) is 9.18. The summed E-state index contributed by atoms with van der Waals surface area (Å²) in [5.74, 6) is -1.68. The molecular weight excluding hydrogens is 417 g/mol. The van der Waals surface area contributed by atoms with Crippen LogP contribution in [0.1, 0.15) is 52.0 Å². The number of nitrogens with two attached hydrogens (primary N) is 1. The molecule has 4 rings (SSSR count). The highest BCUT2D eigenvalue weighted by Crippen LogP contribution is 2.38. The number of halogens is 1. The maximum Gasteiger partial charge on any atom is 0.251 e. The minimum Gasteiger partial charge on any atom is -0.365 e. The van der Waals surface area contributed by atoms with Crippen molar-refractivity contribution in [2.45, 2.75) is 44.9 Å². The maximum atomic E-state index is 13.9. The van der Waals surface area contributed by atoms with Crippen molar-refractivity contribution >= 4 is 34.1 Å². The minimum atomic E-state index is -0.514. The Morgan fingerprint density at radius 3 is 2.71 bits per heavy atom. The van der Waals surface area contributed by atoms with Crippen molar-refractivity contribution in [3.05, 3.63) is 51.7 Å². The second-order valence-electron chi connectivity index (χ2n) is 8.22. The number of piperidine rings is 1. The van der Waals surface area contributed by atoms with Gasteiger partial charge in [0, 0.05) is 18.0 Å². The van der Waals surface area contributed by atoms with Crippen molar-refractivity contribution < 1.29 is 18.8 Å². The number of rotatable bonds is 5. The van der Waals surface area contributed by atoms with Crippen LogP contribution in [-0.2, 0) is 28.9 Å². The van der Waals surface area contributed by atoms with Crippen molar-refractivity contribution in [3.63, 3.8) is 0 Å². The number of nitrogens with zero attached hydrogens (tertiary/aromatic N) is 1. The van der Waals surface area contributed by atoms with Crippen molar-refractivity contribution in [2.24, 2.45) is 11.7 Å². The van der Waals surface area contributed by atoms with Crippen molar-refractivity contribution in [3.8, 4) is 0 Å². The summed E-state index contributed by atoms with van der Waals surface area (Å²) in [4.78, 5) is 40.5. The van der Waals surface area contributed by atoms with E-state index in [2.05, 4.69) is 5.32 Å². The van der Waals surface area contributed by atoms with Crippen LogP contribution in [0.15, 0.2) is 24.3 Å². The summed E-state index contributed by atoms with van der Waals surface area (Å²) in [6, 6.07) is 6.24. The highest BCUT2D eigenvalue weighted by atomic mass is 32.1. The Morgan fingerprint density at radius 1 is 1.16 bits per heavy atom. The van der Waals surface area contributed by atoms with Gasteiger partial charge in [0.1, 0.15) is 10.8 Å². The largest absolute Gasteiger partial charge is 0.365 e. The lowest BCUT2D eigenvalue weighted by molar-refractivity contribution is -0.134. The van der Waals surface area contributed by atoms with Gasteiger partial charge < -0.3 is 16.0 Å². The van der Waals surface area contributed by atoms with E-state index in [9.17, 15) is 18.8 Å². The molecule has 0 spiro atoms. The third-order valence-corrected chi connectivity index (χ3v) is 7.31. The molecule has 31 heavy (non-hydrogen) atoms. The van der Waals surface area contributed by atoms with E-state index in [-0.39, 0.29) is 30.7 Å². The van der Waals surface area contributed by atoms with E-state index >= 15 is 0 Å². The third-order valence-electron chi connectivity index (χ3n) is 6.10. The van der Waals surface area contributed by atoms with Gasteiger partial charge in [-0.2, -0.15) is 0 Å². The average molecular weight is 444 g/mol. The molecule has 1 saturated heterocycles. The predicted molar refractivity (Wildman–Crippen MR) is 118 cm³/mol. The number of fused-ring (bicyclic) bond motifs is 1. The third kappa shape index (κ3) is 4.63. The van der Waals surface area contributed by atoms with Crippen LogP contribution in [0.25, 0.3) is 0 Å². The molecule has 1 aliphatic carbocycles. The Hall–Kier alpha value is -2.74. The zero-order valence-corrected chi connectivity index (χ0v) is 18.1. The molecule has 6 nitrogen and oxygen atoms in total. The highest BCUT2D eigenvalue weighted by molar-refractivity contribution is 7.17. The lowest BCUT2D eigenvalue weighted by Crippen LogP contribution is -2.44. The number of nitrogens with one attached hydrogen (secondary N) is 1. The van der Waals surface area contributed by atoms with Crippen LogP contribution in [0.5, 0.6) is 0 Å². The Bertz CT molecular complexity index is 1020. The molecule has 0 bridgehead atoms. The number of carbonyl (C=O) groups excluding carboxylic acids is 3. The van der Waals surface area contributed by atoms with Gasteiger partial charge in [-0.25, -0.2) is 4.39 Å². The van der Waals surface area contributed by atoms with Gasteiger partial charge in [-0.15, -0.1) is 11.3 Å². The fourth-order valence-corrected chi connectivity index (χ4v) is 5.76. The van der Waals surface area contributed by atoms with E-state index in [4.69, 9.17) is 5.73 Å². The molecular formula is C23H26FN3O3S. The zero-order chi connectivity index (χ0) is 22.0. The smallest absolute Gasteiger partial charge is 0.251 e. The number of likely N-dealkylation sites (tertiary alicyclic amines) is 1. The normalized spacial score (nSPS) is 18.4. The minimum absolute atomic E-state index is 0.0233. The molecule has 2 aromatic rings. The topological polar surface area (TPSA) is 92.5 Å². The number of aryl methyl sites for hydroxylation is 1. The zero-order valence-electron chi connectivity index (χ0n) is 17.3. The fourth-order valence-electron chi connectivity index (χ4n) is 4.46. The van der Waals surface area contributed by atoms with E-state index < -0.39 is 11.7 Å². The average Bonchev–Trinajstić information content (AvgIpc) is 3.13. The fraction of sp³-hybridized carbons (Fsp3) is 0.435. The van der Waals surface area contributed by atoms with Gasteiger partial charge in [0.25, 0.3) is 5.91 Å². The number of primary amides is 1. The molecule has 0 unspecified atom stereocenters. The number of anilines is 1. The number of carbonyl (C=O) groups is 3. The molecule has 3 N–H and O–H groups in total. The molecule has 2 aliphatic rings. The monoisotopic (exact) mass is 443 g/mol. The van der Waals surface area contributed by atoms with Crippen molar-refractivity contribution in [2.75, 3.05) is 18.4 Å². The summed E-state index contributed by atoms with van der Waals surface area (Å²) < 4.78 is 13.9. The van der Waals surface area contributed by atoms with Crippen molar-refractivity contribution in [1.82, 2.24) is 4.90 Å². The quantitative estimate of drug-likeness (QED) is 0.743. The van der Waals surface area contributed by atoms with E-state index in [0.29, 0.717) is 35.5 Å². The van der Waals surface area contributed by atoms with Gasteiger partial charge in [0.2, 0.25) is 11.8 Å². The number of benzene rings is 1.